The molecule has 0 aliphatic rings. The average Bonchev–Trinajstić information content (AvgIpc) is 2.78. The van der Waals surface area contributed by atoms with Crippen molar-refractivity contribution in [1.29, 1.82) is 0 Å². The van der Waals surface area contributed by atoms with Crippen LogP contribution in [0.1, 0.15) is 55.0 Å². The molecule has 0 radical (unpaired) electrons. The molecular formula is C25H27NO4. The maximum atomic E-state index is 12.1. The van der Waals surface area contributed by atoms with Gasteiger partial charge >= 0.3 is 0 Å². The number of anilines is 1. The lowest BCUT2D eigenvalue weighted by atomic mass is 10.0. The first kappa shape index (κ1) is 21.4. The van der Waals surface area contributed by atoms with Crippen LogP contribution in [0.25, 0.3) is 11.1 Å². The Bertz CT molecular complexity index is 1050. The second-order valence-corrected chi connectivity index (χ2v) is 7.24. The zero-order valence-electron chi connectivity index (χ0n) is 17.4. The van der Waals surface area contributed by atoms with Crippen LogP contribution >= 0.6 is 0 Å². The number of aryl methyl sites for hydroxylation is 1. The Hall–Kier alpha value is -3.34. The van der Waals surface area contributed by atoms with Gasteiger partial charge < -0.3 is 14.8 Å². The molecular weight excluding hydrogens is 378 g/mol. The molecule has 30 heavy (non-hydrogen) atoms. The van der Waals surface area contributed by atoms with Crippen molar-refractivity contribution in [3.8, 4) is 16.9 Å². The SMILES string of the molecule is CCCCC(=O)c1ccc(-c2ccc(NCc3oc(CC)cc(=O)c3O)cc2)cc1. The Kier molecular flexibility index (Phi) is 7.07. The number of carbonyl (C=O) groups is 1. The first-order chi connectivity index (χ1) is 14.5. The number of hydrogen-bond donors (Lipinski definition) is 2. The number of unbranched alkanes of at least 4 members (excludes halogenated alkanes) is 1. The molecule has 0 aliphatic carbocycles. The molecule has 0 saturated carbocycles. The molecule has 1 heterocycles. The van der Waals surface area contributed by atoms with Gasteiger partial charge in [0.05, 0.1) is 6.54 Å². The van der Waals surface area contributed by atoms with Gasteiger partial charge in [-0.15, -0.1) is 0 Å². The van der Waals surface area contributed by atoms with Crippen molar-refractivity contribution in [3.05, 3.63) is 81.9 Å². The number of Topliss-reactive ketones (excluding diaryl/α,β-unsaturated/α-hetero) is 1. The summed E-state index contributed by atoms with van der Waals surface area (Å²) in [5.74, 6) is 0.600. The third-order valence-electron chi connectivity index (χ3n) is 5.03. The molecule has 0 saturated heterocycles. The van der Waals surface area contributed by atoms with E-state index in [0.717, 1.165) is 35.2 Å². The Labute approximate surface area is 176 Å². The van der Waals surface area contributed by atoms with Gasteiger partial charge in [-0.25, -0.2) is 0 Å². The lowest BCUT2D eigenvalue weighted by Gasteiger charge is -2.10. The van der Waals surface area contributed by atoms with Gasteiger partial charge in [-0.05, 0) is 29.7 Å². The first-order valence-corrected chi connectivity index (χ1v) is 10.3. The van der Waals surface area contributed by atoms with Crippen molar-refractivity contribution >= 4 is 11.5 Å². The molecule has 0 unspecified atom stereocenters. The fourth-order valence-electron chi connectivity index (χ4n) is 3.18. The van der Waals surface area contributed by atoms with Crippen molar-refractivity contribution in [2.75, 3.05) is 5.32 Å². The summed E-state index contributed by atoms with van der Waals surface area (Å²) in [6.45, 7) is 4.18. The van der Waals surface area contributed by atoms with Crippen molar-refractivity contribution < 1.29 is 14.3 Å². The summed E-state index contributed by atoms with van der Waals surface area (Å²) in [5, 5.41) is 13.1. The Morgan fingerprint density at radius 3 is 2.23 bits per heavy atom. The molecule has 5 heteroatoms. The Balaban J connectivity index is 1.66. The quantitative estimate of drug-likeness (QED) is 0.456. The van der Waals surface area contributed by atoms with Gasteiger partial charge in [-0.3, -0.25) is 9.59 Å². The number of ketones is 1. The highest BCUT2D eigenvalue weighted by Crippen LogP contribution is 2.23. The van der Waals surface area contributed by atoms with Crippen molar-refractivity contribution in [3.63, 3.8) is 0 Å². The topological polar surface area (TPSA) is 79.5 Å². The summed E-state index contributed by atoms with van der Waals surface area (Å²) < 4.78 is 5.57. The minimum absolute atomic E-state index is 0.185. The molecule has 3 rings (SSSR count). The third kappa shape index (κ3) is 5.17. The minimum Gasteiger partial charge on any atom is -0.502 e. The number of rotatable bonds is 9. The summed E-state index contributed by atoms with van der Waals surface area (Å²) in [5.41, 5.74) is 3.24. The van der Waals surface area contributed by atoms with E-state index in [-0.39, 0.29) is 23.8 Å². The standard InChI is InChI=1S/C25H27NO4/c1-3-5-6-22(27)19-9-7-17(8-10-19)18-11-13-20(14-12-18)26-16-24-25(29)23(28)15-21(4-2)30-24/h7-15,26,29H,3-6,16H2,1-2H3. The van der Waals surface area contributed by atoms with E-state index in [1.807, 2.05) is 55.5 Å². The second kappa shape index (κ2) is 9.92. The van der Waals surface area contributed by atoms with Gasteiger partial charge in [0.2, 0.25) is 11.2 Å². The maximum Gasteiger partial charge on any atom is 0.227 e. The van der Waals surface area contributed by atoms with E-state index in [9.17, 15) is 14.7 Å². The van der Waals surface area contributed by atoms with Gasteiger partial charge in [0.25, 0.3) is 0 Å². The summed E-state index contributed by atoms with van der Waals surface area (Å²) in [6, 6.07) is 16.8. The predicted octanol–water partition coefficient (Wildman–Crippen LogP) is 5.56. The minimum atomic E-state index is -0.429. The zero-order valence-corrected chi connectivity index (χ0v) is 17.4. The Morgan fingerprint density at radius 2 is 1.63 bits per heavy atom. The average molecular weight is 405 g/mol. The summed E-state index contributed by atoms with van der Waals surface area (Å²) in [4.78, 5) is 23.9. The van der Waals surface area contributed by atoms with Crippen LogP contribution in [0.3, 0.4) is 0 Å². The highest BCUT2D eigenvalue weighted by atomic mass is 16.4. The molecule has 0 aliphatic heterocycles. The van der Waals surface area contributed by atoms with Gasteiger partial charge in [-0.1, -0.05) is 56.7 Å². The van der Waals surface area contributed by atoms with Crippen LogP contribution in [-0.2, 0) is 13.0 Å². The first-order valence-electron chi connectivity index (χ1n) is 10.3. The summed E-state index contributed by atoms with van der Waals surface area (Å²) in [7, 11) is 0. The Morgan fingerprint density at radius 1 is 1.00 bits per heavy atom. The monoisotopic (exact) mass is 405 g/mol. The molecule has 0 amide bonds. The molecule has 0 spiro atoms. The van der Waals surface area contributed by atoms with Gasteiger partial charge in [0, 0.05) is 30.2 Å². The van der Waals surface area contributed by atoms with Crippen LogP contribution < -0.4 is 10.7 Å². The predicted molar refractivity (Wildman–Crippen MR) is 119 cm³/mol. The van der Waals surface area contributed by atoms with E-state index in [1.165, 1.54) is 6.07 Å². The number of nitrogens with one attached hydrogen (secondary N) is 1. The molecule has 2 aromatic carbocycles. The smallest absolute Gasteiger partial charge is 0.227 e. The third-order valence-corrected chi connectivity index (χ3v) is 5.03. The van der Waals surface area contributed by atoms with Crippen molar-refractivity contribution in [2.45, 2.75) is 46.1 Å². The highest BCUT2D eigenvalue weighted by molar-refractivity contribution is 5.96. The fraction of sp³-hybridized carbons (Fsp3) is 0.280. The molecule has 2 N–H and O–H groups in total. The van der Waals surface area contributed by atoms with Crippen LogP contribution in [0.5, 0.6) is 5.75 Å². The summed E-state index contributed by atoms with van der Waals surface area (Å²) >= 11 is 0. The van der Waals surface area contributed by atoms with E-state index < -0.39 is 5.43 Å². The normalized spacial score (nSPS) is 10.7. The van der Waals surface area contributed by atoms with Gasteiger partial charge in [0.1, 0.15) is 5.76 Å². The van der Waals surface area contributed by atoms with Crippen LogP contribution in [-0.4, -0.2) is 10.9 Å². The van der Waals surface area contributed by atoms with Crippen LogP contribution in [0, 0.1) is 0 Å². The van der Waals surface area contributed by atoms with E-state index in [4.69, 9.17) is 4.42 Å². The van der Waals surface area contributed by atoms with Gasteiger partial charge in [-0.2, -0.15) is 0 Å². The molecule has 0 fully saturated rings. The number of aromatic hydroxyl groups is 1. The van der Waals surface area contributed by atoms with Crippen molar-refractivity contribution in [2.24, 2.45) is 0 Å². The fourth-order valence-corrected chi connectivity index (χ4v) is 3.18. The summed E-state index contributed by atoms with van der Waals surface area (Å²) in [6.07, 6.45) is 3.10. The molecule has 3 aromatic rings. The largest absolute Gasteiger partial charge is 0.502 e. The van der Waals surface area contributed by atoms with E-state index in [1.54, 1.807) is 0 Å². The van der Waals surface area contributed by atoms with E-state index >= 15 is 0 Å². The maximum absolute atomic E-state index is 12.1. The van der Waals surface area contributed by atoms with Crippen LogP contribution in [0.4, 0.5) is 5.69 Å². The lowest BCUT2D eigenvalue weighted by Crippen LogP contribution is -2.08. The number of hydrogen-bond acceptors (Lipinski definition) is 5. The number of benzene rings is 2. The molecule has 5 nitrogen and oxygen atoms in total. The van der Waals surface area contributed by atoms with Crippen LogP contribution in [0.2, 0.25) is 0 Å². The van der Waals surface area contributed by atoms with E-state index in [0.29, 0.717) is 18.6 Å². The van der Waals surface area contributed by atoms with E-state index in [2.05, 4.69) is 12.2 Å². The molecule has 1 aromatic heterocycles. The zero-order chi connectivity index (χ0) is 21.5. The molecule has 156 valence electrons. The van der Waals surface area contributed by atoms with Crippen molar-refractivity contribution in [1.82, 2.24) is 0 Å². The number of carbonyl (C=O) groups excluding carboxylic acids is 1. The second-order valence-electron chi connectivity index (χ2n) is 7.24. The highest BCUT2D eigenvalue weighted by Gasteiger charge is 2.11. The van der Waals surface area contributed by atoms with Crippen LogP contribution in [0.15, 0.2) is 63.8 Å². The molecule has 0 bridgehead atoms. The van der Waals surface area contributed by atoms with Gasteiger partial charge in [0.15, 0.2) is 11.5 Å². The molecule has 0 atom stereocenters. The lowest BCUT2D eigenvalue weighted by molar-refractivity contribution is 0.0980.